The molecule has 0 atom stereocenters. The second-order valence-corrected chi connectivity index (χ2v) is 5.59. The maximum atomic E-state index is 12.5. The molecule has 7 nitrogen and oxygen atoms in total. The Morgan fingerprint density at radius 2 is 1.96 bits per heavy atom. The van der Waals surface area contributed by atoms with Crippen molar-refractivity contribution in [3.8, 4) is 0 Å². The second kappa shape index (κ2) is 5.42. The van der Waals surface area contributed by atoms with Gasteiger partial charge in [0, 0.05) is 45.6 Å². The molecule has 1 saturated heterocycles. The molecule has 4 rings (SSSR count). The number of hydrogen-bond acceptors (Lipinski definition) is 5. The number of carbonyl (C=O) groups is 1. The van der Waals surface area contributed by atoms with Gasteiger partial charge in [0.15, 0.2) is 0 Å². The number of fused-ring (bicyclic) bond motifs is 1. The summed E-state index contributed by atoms with van der Waals surface area (Å²) in [7, 11) is 1.78. The number of pyridine rings is 1. The van der Waals surface area contributed by atoms with Crippen molar-refractivity contribution in [2.45, 2.75) is 0 Å². The van der Waals surface area contributed by atoms with E-state index < -0.39 is 0 Å². The summed E-state index contributed by atoms with van der Waals surface area (Å²) in [6, 6.07) is 5.55. The van der Waals surface area contributed by atoms with E-state index in [1.165, 1.54) is 0 Å². The SMILES string of the molecule is Cn1nccc1C(=O)N1CCN(c2nccc3occc23)CC1. The van der Waals surface area contributed by atoms with Crippen LogP contribution in [0.5, 0.6) is 0 Å². The first-order valence-corrected chi connectivity index (χ1v) is 7.58. The summed E-state index contributed by atoms with van der Waals surface area (Å²) >= 11 is 0. The quantitative estimate of drug-likeness (QED) is 0.718. The Morgan fingerprint density at radius 3 is 2.70 bits per heavy atom. The van der Waals surface area contributed by atoms with Crippen molar-refractivity contribution in [3.63, 3.8) is 0 Å². The molecule has 0 spiro atoms. The molecule has 3 aromatic heterocycles. The number of furan rings is 1. The largest absolute Gasteiger partial charge is 0.464 e. The average Bonchev–Trinajstić information content (AvgIpc) is 3.22. The van der Waals surface area contributed by atoms with Crippen LogP contribution in [0.2, 0.25) is 0 Å². The Bertz CT molecular complexity index is 845. The molecule has 23 heavy (non-hydrogen) atoms. The molecule has 1 fully saturated rings. The lowest BCUT2D eigenvalue weighted by Crippen LogP contribution is -2.49. The van der Waals surface area contributed by atoms with Crippen LogP contribution >= 0.6 is 0 Å². The Kier molecular flexibility index (Phi) is 3.25. The molecule has 7 heteroatoms. The molecule has 4 heterocycles. The second-order valence-electron chi connectivity index (χ2n) is 5.59. The molecule has 1 aliphatic heterocycles. The summed E-state index contributed by atoms with van der Waals surface area (Å²) in [5.41, 5.74) is 1.46. The average molecular weight is 311 g/mol. The van der Waals surface area contributed by atoms with Gasteiger partial charge in [0.05, 0.1) is 11.6 Å². The van der Waals surface area contributed by atoms with Gasteiger partial charge in [-0.25, -0.2) is 4.98 Å². The molecular formula is C16H17N5O2. The van der Waals surface area contributed by atoms with Crippen molar-refractivity contribution >= 4 is 22.7 Å². The number of amides is 1. The monoisotopic (exact) mass is 311 g/mol. The number of rotatable bonds is 2. The zero-order valence-electron chi connectivity index (χ0n) is 12.8. The van der Waals surface area contributed by atoms with Gasteiger partial charge in [0.2, 0.25) is 0 Å². The van der Waals surface area contributed by atoms with Crippen LogP contribution in [0, 0.1) is 0 Å². The van der Waals surface area contributed by atoms with Crippen LogP contribution in [-0.2, 0) is 7.05 Å². The van der Waals surface area contributed by atoms with E-state index in [4.69, 9.17) is 4.42 Å². The van der Waals surface area contributed by atoms with Gasteiger partial charge in [0.25, 0.3) is 5.91 Å². The minimum Gasteiger partial charge on any atom is -0.464 e. The zero-order chi connectivity index (χ0) is 15.8. The Morgan fingerprint density at radius 1 is 1.13 bits per heavy atom. The first kappa shape index (κ1) is 13.8. The van der Waals surface area contributed by atoms with E-state index in [0.29, 0.717) is 18.8 Å². The van der Waals surface area contributed by atoms with Crippen LogP contribution in [0.25, 0.3) is 11.0 Å². The third-order valence-corrected chi connectivity index (χ3v) is 4.27. The number of nitrogens with zero attached hydrogens (tertiary/aromatic N) is 5. The first-order chi connectivity index (χ1) is 11.2. The zero-order valence-corrected chi connectivity index (χ0v) is 12.8. The van der Waals surface area contributed by atoms with Gasteiger partial charge in [-0.05, 0) is 18.2 Å². The van der Waals surface area contributed by atoms with E-state index in [0.717, 1.165) is 29.9 Å². The fraction of sp³-hybridized carbons (Fsp3) is 0.312. The predicted octanol–water partition coefficient (Wildman–Crippen LogP) is 1.52. The maximum Gasteiger partial charge on any atom is 0.272 e. The van der Waals surface area contributed by atoms with E-state index in [2.05, 4.69) is 15.0 Å². The summed E-state index contributed by atoms with van der Waals surface area (Å²) < 4.78 is 7.04. The van der Waals surface area contributed by atoms with Crippen LogP contribution < -0.4 is 4.90 Å². The van der Waals surface area contributed by atoms with E-state index in [1.807, 2.05) is 17.0 Å². The maximum absolute atomic E-state index is 12.5. The lowest BCUT2D eigenvalue weighted by Gasteiger charge is -2.35. The number of anilines is 1. The number of carbonyl (C=O) groups excluding carboxylic acids is 1. The normalized spacial score (nSPS) is 15.3. The van der Waals surface area contributed by atoms with Crippen LogP contribution in [-0.4, -0.2) is 51.8 Å². The molecule has 0 N–H and O–H groups in total. The van der Waals surface area contributed by atoms with Gasteiger partial charge in [-0.3, -0.25) is 9.48 Å². The highest BCUT2D eigenvalue weighted by atomic mass is 16.3. The van der Waals surface area contributed by atoms with Gasteiger partial charge < -0.3 is 14.2 Å². The van der Waals surface area contributed by atoms with Crippen LogP contribution in [0.1, 0.15) is 10.5 Å². The highest BCUT2D eigenvalue weighted by molar-refractivity contribution is 5.93. The number of aryl methyl sites for hydroxylation is 1. The van der Waals surface area contributed by atoms with Crippen molar-refractivity contribution in [3.05, 3.63) is 42.5 Å². The minimum absolute atomic E-state index is 0.0270. The smallest absolute Gasteiger partial charge is 0.272 e. The highest BCUT2D eigenvalue weighted by Gasteiger charge is 2.25. The lowest BCUT2D eigenvalue weighted by atomic mass is 10.2. The minimum atomic E-state index is 0.0270. The molecule has 118 valence electrons. The van der Waals surface area contributed by atoms with Crippen molar-refractivity contribution < 1.29 is 9.21 Å². The molecular weight excluding hydrogens is 294 g/mol. The Hall–Kier alpha value is -2.83. The van der Waals surface area contributed by atoms with E-state index in [1.54, 1.807) is 36.5 Å². The predicted molar refractivity (Wildman–Crippen MR) is 85.3 cm³/mol. The molecule has 0 saturated carbocycles. The van der Waals surface area contributed by atoms with Gasteiger partial charge in [-0.1, -0.05) is 0 Å². The standard InChI is InChI=1S/C16H17N5O2/c1-19-13(2-6-18-19)16(22)21-9-7-20(8-10-21)15-12-4-11-23-14(12)3-5-17-15/h2-6,11H,7-10H2,1H3. The third kappa shape index (κ3) is 2.34. The summed E-state index contributed by atoms with van der Waals surface area (Å²) in [5.74, 6) is 0.947. The molecule has 0 aliphatic carbocycles. The third-order valence-electron chi connectivity index (χ3n) is 4.27. The van der Waals surface area contributed by atoms with Gasteiger partial charge in [-0.15, -0.1) is 0 Å². The highest BCUT2D eigenvalue weighted by Crippen LogP contribution is 2.26. The number of piperazine rings is 1. The fourth-order valence-corrected chi connectivity index (χ4v) is 3.00. The molecule has 1 aliphatic rings. The molecule has 0 bridgehead atoms. The van der Waals surface area contributed by atoms with Gasteiger partial charge in [-0.2, -0.15) is 5.10 Å². The van der Waals surface area contributed by atoms with Crippen LogP contribution in [0.15, 0.2) is 41.3 Å². The Labute approximate surface area is 133 Å². The van der Waals surface area contributed by atoms with E-state index in [-0.39, 0.29) is 5.91 Å². The number of aromatic nitrogens is 3. The van der Waals surface area contributed by atoms with Crippen molar-refractivity contribution in [2.24, 2.45) is 7.05 Å². The fourth-order valence-electron chi connectivity index (χ4n) is 3.00. The van der Waals surface area contributed by atoms with Crippen LogP contribution in [0.3, 0.4) is 0 Å². The van der Waals surface area contributed by atoms with Crippen molar-refractivity contribution in [1.29, 1.82) is 0 Å². The van der Waals surface area contributed by atoms with Crippen molar-refractivity contribution in [1.82, 2.24) is 19.7 Å². The summed E-state index contributed by atoms with van der Waals surface area (Å²) in [6.07, 6.45) is 5.08. The Balaban J connectivity index is 1.50. The first-order valence-electron chi connectivity index (χ1n) is 7.58. The van der Waals surface area contributed by atoms with Crippen LogP contribution in [0.4, 0.5) is 5.82 Å². The van der Waals surface area contributed by atoms with Crippen molar-refractivity contribution in [2.75, 3.05) is 31.1 Å². The van der Waals surface area contributed by atoms with Gasteiger partial charge >= 0.3 is 0 Å². The number of hydrogen-bond donors (Lipinski definition) is 0. The van der Waals surface area contributed by atoms with E-state index >= 15 is 0 Å². The molecule has 0 radical (unpaired) electrons. The van der Waals surface area contributed by atoms with E-state index in [9.17, 15) is 4.79 Å². The summed E-state index contributed by atoms with van der Waals surface area (Å²) in [4.78, 5) is 21.1. The molecule has 0 unspecified atom stereocenters. The topological polar surface area (TPSA) is 67.4 Å². The summed E-state index contributed by atoms with van der Waals surface area (Å²) in [6.45, 7) is 2.83. The lowest BCUT2D eigenvalue weighted by molar-refractivity contribution is 0.0735. The molecule has 3 aromatic rings. The summed E-state index contributed by atoms with van der Waals surface area (Å²) in [5, 5.41) is 5.07. The van der Waals surface area contributed by atoms with Gasteiger partial charge in [0.1, 0.15) is 17.1 Å². The molecule has 1 amide bonds. The molecule has 0 aromatic carbocycles.